The summed E-state index contributed by atoms with van der Waals surface area (Å²) in [5.74, 6) is -0.717. The van der Waals surface area contributed by atoms with Crippen molar-refractivity contribution < 1.29 is 9.59 Å². The minimum Gasteiger partial charge on any atom is -0.376 e. The summed E-state index contributed by atoms with van der Waals surface area (Å²) >= 11 is 0. The molecule has 2 aromatic rings. The quantitative estimate of drug-likeness (QED) is 0.792. The number of carbonyl (C=O) groups excluding carboxylic acids is 2. The van der Waals surface area contributed by atoms with Gasteiger partial charge < -0.3 is 16.4 Å². The molecule has 0 saturated carbocycles. The highest BCUT2D eigenvalue weighted by molar-refractivity contribution is 6.00. The van der Waals surface area contributed by atoms with Crippen molar-refractivity contribution in [3.8, 4) is 0 Å². The van der Waals surface area contributed by atoms with Gasteiger partial charge in [-0.05, 0) is 43.2 Å². The van der Waals surface area contributed by atoms with E-state index >= 15 is 0 Å². The largest absolute Gasteiger partial charge is 0.376 e. The molecular weight excluding hydrogens is 278 g/mol. The summed E-state index contributed by atoms with van der Waals surface area (Å²) in [5, 5.41) is 5.79. The lowest BCUT2D eigenvalue weighted by Crippen LogP contribution is -2.23. The monoisotopic (exact) mass is 297 g/mol. The summed E-state index contributed by atoms with van der Waals surface area (Å²) in [6.07, 6.45) is 0. The molecule has 0 fully saturated rings. The topological polar surface area (TPSA) is 84.2 Å². The van der Waals surface area contributed by atoms with Crippen LogP contribution in [-0.2, 0) is 4.79 Å². The van der Waals surface area contributed by atoms with E-state index < -0.39 is 5.91 Å². The molecule has 2 amide bonds. The van der Waals surface area contributed by atoms with Gasteiger partial charge in [0.1, 0.15) is 0 Å². The molecule has 0 aromatic heterocycles. The Bertz CT molecular complexity index is 711. The minimum atomic E-state index is -0.530. The number of aryl methyl sites for hydroxylation is 1. The maximum Gasteiger partial charge on any atom is 0.250 e. The molecule has 2 aromatic carbocycles. The van der Waals surface area contributed by atoms with E-state index in [0.717, 1.165) is 16.8 Å². The first kappa shape index (κ1) is 15.6. The maximum atomic E-state index is 12.0. The van der Waals surface area contributed by atoms with Crippen molar-refractivity contribution in [3.05, 3.63) is 59.2 Å². The first-order valence-corrected chi connectivity index (χ1v) is 6.98. The molecule has 0 atom stereocenters. The van der Waals surface area contributed by atoms with Gasteiger partial charge in [0.2, 0.25) is 5.91 Å². The zero-order valence-electron chi connectivity index (χ0n) is 12.6. The van der Waals surface area contributed by atoms with Crippen molar-refractivity contribution >= 4 is 23.2 Å². The summed E-state index contributed by atoms with van der Waals surface area (Å²) in [6, 6.07) is 12.6. The molecule has 0 heterocycles. The molecule has 5 nitrogen and oxygen atoms in total. The van der Waals surface area contributed by atoms with Crippen molar-refractivity contribution in [1.29, 1.82) is 0 Å². The minimum absolute atomic E-state index is 0.0532. The molecule has 2 rings (SSSR count). The van der Waals surface area contributed by atoms with Crippen molar-refractivity contribution in [3.63, 3.8) is 0 Å². The highest BCUT2D eigenvalue weighted by Gasteiger charge is 2.09. The highest BCUT2D eigenvalue weighted by atomic mass is 16.2. The van der Waals surface area contributed by atoms with Crippen LogP contribution < -0.4 is 16.4 Å². The van der Waals surface area contributed by atoms with E-state index in [-0.39, 0.29) is 12.5 Å². The molecule has 4 N–H and O–H groups in total. The number of hydrogen-bond donors (Lipinski definition) is 3. The third-order valence-electron chi connectivity index (χ3n) is 3.51. The van der Waals surface area contributed by atoms with E-state index in [1.165, 1.54) is 0 Å². The molecule has 22 heavy (non-hydrogen) atoms. The van der Waals surface area contributed by atoms with Gasteiger partial charge in [-0.25, -0.2) is 0 Å². The fourth-order valence-electron chi connectivity index (χ4n) is 2.11. The summed E-state index contributed by atoms with van der Waals surface area (Å²) in [5.41, 5.74) is 9.15. The summed E-state index contributed by atoms with van der Waals surface area (Å²) in [6.45, 7) is 4.00. The van der Waals surface area contributed by atoms with Gasteiger partial charge in [0.15, 0.2) is 0 Å². The zero-order chi connectivity index (χ0) is 16.1. The van der Waals surface area contributed by atoms with E-state index in [9.17, 15) is 9.59 Å². The van der Waals surface area contributed by atoms with Gasteiger partial charge in [-0.3, -0.25) is 9.59 Å². The van der Waals surface area contributed by atoms with E-state index in [1.54, 1.807) is 24.3 Å². The van der Waals surface area contributed by atoms with Gasteiger partial charge in [0.25, 0.3) is 5.91 Å². The normalized spacial score (nSPS) is 10.1. The first-order valence-electron chi connectivity index (χ1n) is 6.98. The fraction of sp³-hybridized carbons (Fsp3) is 0.176. The van der Waals surface area contributed by atoms with Gasteiger partial charge >= 0.3 is 0 Å². The second-order valence-electron chi connectivity index (χ2n) is 5.06. The SMILES string of the molecule is Cc1cccc(NC(=O)CNc2ccccc2C(N)=O)c1C. The van der Waals surface area contributed by atoms with Crippen LogP contribution in [0.1, 0.15) is 21.5 Å². The van der Waals surface area contributed by atoms with Crippen molar-refractivity contribution in [1.82, 2.24) is 0 Å². The Balaban J connectivity index is 2.02. The van der Waals surface area contributed by atoms with E-state index in [4.69, 9.17) is 5.73 Å². The second kappa shape index (κ2) is 6.76. The fourth-order valence-corrected chi connectivity index (χ4v) is 2.11. The van der Waals surface area contributed by atoms with Crippen molar-refractivity contribution in [2.45, 2.75) is 13.8 Å². The molecule has 5 heteroatoms. The third kappa shape index (κ3) is 3.63. The number of nitrogens with two attached hydrogens (primary N) is 1. The predicted molar refractivity (Wildman–Crippen MR) is 88.0 cm³/mol. The van der Waals surface area contributed by atoms with Gasteiger partial charge in [0.05, 0.1) is 12.1 Å². The van der Waals surface area contributed by atoms with E-state index in [2.05, 4.69) is 10.6 Å². The average Bonchev–Trinajstić information content (AvgIpc) is 2.50. The van der Waals surface area contributed by atoms with Crippen LogP contribution in [-0.4, -0.2) is 18.4 Å². The molecule has 0 unspecified atom stereocenters. The molecule has 114 valence electrons. The van der Waals surface area contributed by atoms with Gasteiger partial charge in [-0.2, -0.15) is 0 Å². The Kier molecular flexibility index (Phi) is 4.78. The van der Waals surface area contributed by atoms with Crippen LogP contribution in [0.4, 0.5) is 11.4 Å². The smallest absolute Gasteiger partial charge is 0.250 e. The molecule has 0 saturated heterocycles. The molecule has 0 spiro atoms. The van der Waals surface area contributed by atoms with Crippen LogP contribution in [0, 0.1) is 13.8 Å². The Morgan fingerprint density at radius 3 is 2.41 bits per heavy atom. The van der Waals surface area contributed by atoms with E-state index in [1.807, 2.05) is 32.0 Å². The summed E-state index contributed by atoms with van der Waals surface area (Å²) in [4.78, 5) is 23.4. The van der Waals surface area contributed by atoms with Crippen LogP contribution in [0.15, 0.2) is 42.5 Å². The highest BCUT2D eigenvalue weighted by Crippen LogP contribution is 2.18. The molecule has 0 bridgehead atoms. The number of amides is 2. The van der Waals surface area contributed by atoms with Gasteiger partial charge in [0, 0.05) is 11.4 Å². The standard InChI is InChI=1S/C17H19N3O2/c1-11-6-5-9-14(12(11)2)20-16(21)10-19-15-8-4-3-7-13(15)17(18)22/h3-9,19H,10H2,1-2H3,(H2,18,22)(H,20,21). The summed E-state index contributed by atoms with van der Waals surface area (Å²) in [7, 11) is 0. The molecule has 0 aliphatic rings. The van der Waals surface area contributed by atoms with Crippen LogP contribution in [0.5, 0.6) is 0 Å². The third-order valence-corrected chi connectivity index (χ3v) is 3.51. The number of rotatable bonds is 5. The van der Waals surface area contributed by atoms with E-state index in [0.29, 0.717) is 11.3 Å². The summed E-state index contributed by atoms with van der Waals surface area (Å²) < 4.78 is 0. The van der Waals surface area contributed by atoms with Crippen LogP contribution in [0.25, 0.3) is 0 Å². The number of para-hydroxylation sites is 1. The lowest BCUT2D eigenvalue weighted by molar-refractivity contribution is -0.114. The lowest BCUT2D eigenvalue weighted by Gasteiger charge is -2.12. The Morgan fingerprint density at radius 2 is 1.68 bits per heavy atom. The van der Waals surface area contributed by atoms with Gasteiger partial charge in [-0.1, -0.05) is 24.3 Å². The Hall–Kier alpha value is -2.82. The van der Waals surface area contributed by atoms with Crippen molar-refractivity contribution in [2.24, 2.45) is 5.73 Å². The Morgan fingerprint density at radius 1 is 1.00 bits per heavy atom. The lowest BCUT2D eigenvalue weighted by atomic mass is 10.1. The average molecular weight is 297 g/mol. The maximum absolute atomic E-state index is 12.0. The number of carbonyl (C=O) groups is 2. The van der Waals surface area contributed by atoms with Crippen molar-refractivity contribution in [2.75, 3.05) is 17.2 Å². The number of nitrogens with one attached hydrogen (secondary N) is 2. The molecular formula is C17H19N3O2. The van der Waals surface area contributed by atoms with Crippen LogP contribution in [0.2, 0.25) is 0 Å². The second-order valence-corrected chi connectivity index (χ2v) is 5.06. The first-order chi connectivity index (χ1) is 10.5. The number of benzene rings is 2. The number of anilines is 2. The molecule has 0 aliphatic heterocycles. The number of hydrogen-bond acceptors (Lipinski definition) is 3. The van der Waals surface area contributed by atoms with Crippen LogP contribution >= 0.6 is 0 Å². The van der Waals surface area contributed by atoms with Gasteiger partial charge in [-0.15, -0.1) is 0 Å². The predicted octanol–water partition coefficient (Wildman–Crippen LogP) is 2.45. The number of primary amides is 1. The molecule has 0 radical (unpaired) electrons. The Labute approximate surface area is 129 Å². The zero-order valence-corrected chi connectivity index (χ0v) is 12.6. The molecule has 0 aliphatic carbocycles. The van der Waals surface area contributed by atoms with Crippen LogP contribution in [0.3, 0.4) is 0 Å².